The van der Waals surface area contributed by atoms with Crippen molar-refractivity contribution in [1.29, 1.82) is 0 Å². The second-order valence-corrected chi connectivity index (χ2v) is 8.95. The molecule has 130 valence electrons. The van der Waals surface area contributed by atoms with Crippen molar-refractivity contribution in [2.45, 2.75) is 62.9 Å². The van der Waals surface area contributed by atoms with Crippen LogP contribution in [0.2, 0.25) is 0 Å². The first-order valence-electron chi connectivity index (χ1n) is 7.68. The summed E-state index contributed by atoms with van der Waals surface area (Å²) < 4.78 is 79.3. The molecule has 0 spiro atoms. The van der Waals surface area contributed by atoms with Gasteiger partial charge in [0, 0.05) is 6.42 Å². The SMILES string of the molecule is O=S(=O)(CCC(F)(F)C(F)F)OC12CC3CC(CC(C3)C1)C2.[NaH]. The fourth-order valence-electron chi connectivity index (χ4n) is 4.81. The van der Waals surface area contributed by atoms with E-state index in [0.717, 1.165) is 19.3 Å². The van der Waals surface area contributed by atoms with E-state index in [-0.39, 0.29) is 29.6 Å². The Balaban J connectivity index is 0.00000192. The molecule has 0 heterocycles. The molecule has 23 heavy (non-hydrogen) atoms. The normalized spacial score (nSPS) is 36.3. The van der Waals surface area contributed by atoms with Gasteiger partial charge in [0.15, 0.2) is 0 Å². The predicted octanol–water partition coefficient (Wildman–Crippen LogP) is 2.94. The van der Waals surface area contributed by atoms with E-state index >= 15 is 0 Å². The summed E-state index contributed by atoms with van der Waals surface area (Å²) >= 11 is 0. The van der Waals surface area contributed by atoms with E-state index in [0.29, 0.717) is 37.0 Å². The van der Waals surface area contributed by atoms with Crippen molar-refractivity contribution < 1.29 is 30.2 Å². The van der Waals surface area contributed by atoms with Gasteiger partial charge in [-0.25, -0.2) is 17.6 Å². The van der Waals surface area contributed by atoms with Crippen LogP contribution >= 0.6 is 0 Å². The zero-order valence-electron chi connectivity index (χ0n) is 12.1. The molecule has 4 bridgehead atoms. The number of hydrogen-bond acceptors (Lipinski definition) is 3. The molecular weight excluding hydrogens is 347 g/mol. The number of halogens is 4. The molecular formula is C14H21F4NaO3S. The van der Waals surface area contributed by atoms with Crippen LogP contribution in [0.3, 0.4) is 0 Å². The number of rotatable bonds is 6. The Hall–Kier alpha value is 0.630. The van der Waals surface area contributed by atoms with Crippen LogP contribution in [0.5, 0.6) is 0 Å². The molecule has 4 aliphatic carbocycles. The first-order chi connectivity index (χ1) is 10.1. The summed E-state index contributed by atoms with van der Waals surface area (Å²) in [5, 5.41) is 0. The molecule has 4 rings (SSSR count). The first-order valence-corrected chi connectivity index (χ1v) is 9.26. The number of hydrogen-bond donors (Lipinski definition) is 0. The summed E-state index contributed by atoms with van der Waals surface area (Å²) in [6, 6.07) is 0. The van der Waals surface area contributed by atoms with Crippen molar-refractivity contribution in [3.63, 3.8) is 0 Å². The van der Waals surface area contributed by atoms with E-state index in [1.807, 2.05) is 0 Å². The van der Waals surface area contributed by atoms with Gasteiger partial charge in [-0.05, 0) is 56.3 Å². The van der Waals surface area contributed by atoms with E-state index in [9.17, 15) is 26.0 Å². The van der Waals surface area contributed by atoms with Crippen LogP contribution < -0.4 is 0 Å². The van der Waals surface area contributed by atoms with Gasteiger partial charge in [0.05, 0.1) is 11.4 Å². The van der Waals surface area contributed by atoms with Crippen LogP contribution in [-0.2, 0) is 14.3 Å². The van der Waals surface area contributed by atoms with E-state index in [4.69, 9.17) is 4.18 Å². The molecule has 0 aromatic rings. The van der Waals surface area contributed by atoms with Crippen molar-refractivity contribution in [3.05, 3.63) is 0 Å². The van der Waals surface area contributed by atoms with E-state index in [1.54, 1.807) is 0 Å². The van der Waals surface area contributed by atoms with Gasteiger partial charge in [-0.3, -0.25) is 4.18 Å². The minimum absolute atomic E-state index is 0. The Morgan fingerprint density at radius 2 is 1.48 bits per heavy atom. The third-order valence-electron chi connectivity index (χ3n) is 5.29. The maximum absolute atomic E-state index is 12.9. The van der Waals surface area contributed by atoms with Crippen molar-refractivity contribution in [3.8, 4) is 0 Å². The molecule has 4 aliphatic rings. The molecule has 0 amide bonds. The maximum atomic E-state index is 12.9. The molecule has 0 N–H and O–H groups in total. The second-order valence-electron chi connectivity index (χ2n) is 7.26. The molecule has 4 saturated carbocycles. The van der Waals surface area contributed by atoms with Crippen LogP contribution in [0, 0.1) is 17.8 Å². The molecule has 0 unspecified atom stereocenters. The Bertz CT molecular complexity index is 503. The average molecular weight is 368 g/mol. The Kier molecular flexibility index (Phi) is 5.85. The Morgan fingerprint density at radius 1 is 1.04 bits per heavy atom. The van der Waals surface area contributed by atoms with Crippen molar-refractivity contribution in [1.82, 2.24) is 0 Å². The molecule has 0 aromatic carbocycles. The molecule has 0 aromatic heterocycles. The minimum atomic E-state index is -4.29. The predicted molar refractivity (Wildman–Crippen MR) is 78.5 cm³/mol. The van der Waals surface area contributed by atoms with Gasteiger partial charge in [-0.2, -0.15) is 8.42 Å². The summed E-state index contributed by atoms with van der Waals surface area (Å²) in [6.45, 7) is 0. The second kappa shape index (κ2) is 6.74. The first kappa shape index (κ1) is 19.9. The Morgan fingerprint density at radius 3 is 1.87 bits per heavy atom. The quantitative estimate of drug-likeness (QED) is 0.411. The average Bonchev–Trinajstić information content (AvgIpc) is 2.33. The molecule has 0 atom stereocenters. The van der Waals surface area contributed by atoms with Crippen molar-refractivity contribution >= 4 is 39.7 Å². The summed E-state index contributed by atoms with van der Waals surface area (Å²) in [4.78, 5) is 0. The van der Waals surface area contributed by atoms with Crippen molar-refractivity contribution in [2.24, 2.45) is 17.8 Å². The standard InChI is InChI=1S/C14H20F4O3S.Na.H/c15-12(16)14(17,18)1-2-22(19,20)21-13-6-9-3-10(7-13)5-11(4-9)8-13;;/h9-12H,1-8H2;;. The molecule has 4 fully saturated rings. The molecule has 9 heteroatoms. The van der Waals surface area contributed by atoms with Gasteiger partial charge >= 0.3 is 41.9 Å². The van der Waals surface area contributed by atoms with E-state index in [1.165, 1.54) is 0 Å². The summed E-state index contributed by atoms with van der Waals surface area (Å²) in [5.74, 6) is -4.01. The van der Waals surface area contributed by atoms with E-state index < -0.39 is 40.2 Å². The number of alkyl halides is 4. The van der Waals surface area contributed by atoms with Gasteiger partial charge in [0.25, 0.3) is 10.1 Å². The van der Waals surface area contributed by atoms with Crippen LogP contribution in [0.25, 0.3) is 0 Å². The molecule has 0 saturated heterocycles. The van der Waals surface area contributed by atoms with Gasteiger partial charge in [0.2, 0.25) is 0 Å². The fourth-order valence-corrected chi connectivity index (χ4v) is 6.16. The summed E-state index contributed by atoms with van der Waals surface area (Å²) in [5.41, 5.74) is -0.770. The monoisotopic (exact) mass is 368 g/mol. The Labute approximate surface area is 155 Å². The topological polar surface area (TPSA) is 43.4 Å². The van der Waals surface area contributed by atoms with Crippen LogP contribution in [0.1, 0.15) is 44.9 Å². The van der Waals surface area contributed by atoms with Crippen LogP contribution in [0.15, 0.2) is 0 Å². The third-order valence-corrected chi connectivity index (χ3v) is 6.60. The van der Waals surface area contributed by atoms with Gasteiger partial charge < -0.3 is 0 Å². The molecule has 0 aliphatic heterocycles. The summed E-state index contributed by atoms with van der Waals surface area (Å²) in [6.07, 6.45) is -0.0673. The van der Waals surface area contributed by atoms with Crippen LogP contribution in [0.4, 0.5) is 17.6 Å². The van der Waals surface area contributed by atoms with Gasteiger partial charge in [0.1, 0.15) is 0 Å². The summed E-state index contributed by atoms with van der Waals surface area (Å²) in [7, 11) is -4.22. The van der Waals surface area contributed by atoms with Crippen LogP contribution in [-0.4, -0.2) is 61.7 Å². The van der Waals surface area contributed by atoms with Gasteiger partial charge in [-0.1, -0.05) is 0 Å². The molecule has 0 radical (unpaired) electrons. The van der Waals surface area contributed by atoms with E-state index in [2.05, 4.69) is 0 Å². The molecule has 3 nitrogen and oxygen atoms in total. The van der Waals surface area contributed by atoms with Crippen molar-refractivity contribution in [2.75, 3.05) is 5.75 Å². The third kappa shape index (κ3) is 4.43. The van der Waals surface area contributed by atoms with Gasteiger partial charge in [-0.15, -0.1) is 0 Å². The zero-order chi connectivity index (χ0) is 16.2. The fraction of sp³-hybridized carbons (Fsp3) is 1.00. The zero-order valence-corrected chi connectivity index (χ0v) is 12.9.